The molecule has 1 aliphatic rings. The summed E-state index contributed by atoms with van der Waals surface area (Å²) >= 11 is 0. The van der Waals surface area contributed by atoms with Crippen molar-refractivity contribution in [1.29, 1.82) is 0 Å². The number of hydrogen-bond donors (Lipinski definition) is 0. The van der Waals surface area contributed by atoms with Crippen molar-refractivity contribution in [2.75, 3.05) is 6.16 Å². The Labute approximate surface area is 88.9 Å². The molecule has 0 nitrogen and oxygen atoms in total. The summed E-state index contributed by atoms with van der Waals surface area (Å²) in [4.78, 5) is 0. The summed E-state index contributed by atoms with van der Waals surface area (Å²) in [5.41, 5.74) is 0. The fourth-order valence-corrected chi connectivity index (χ4v) is 3.55. The second kappa shape index (κ2) is 5.51. The Morgan fingerprint density at radius 2 is 1.79 bits per heavy atom. The van der Waals surface area contributed by atoms with Crippen LogP contribution in [0.5, 0.6) is 0 Å². The second-order valence-corrected chi connectivity index (χ2v) is 5.66. The summed E-state index contributed by atoms with van der Waals surface area (Å²) in [6, 6.07) is 10.9. The predicted molar refractivity (Wildman–Crippen MR) is 65.8 cm³/mol. The van der Waals surface area contributed by atoms with Crippen LogP contribution in [0.1, 0.15) is 32.1 Å². The van der Waals surface area contributed by atoms with E-state index in [4.69, 9.17) is 0 Å². The Bertz CT molecular complexity index is 249. The first kappa shape index (κ1) is 10.2. The van der Waals surface area contributed by atoms with Crippen molar-refractivity contribution in [3.05, 3.63) is 30.3 Å². The molecule has 1 aliphatic carbocycles. The van der Waals surface area contributed by atoms with Gasteiger partial charge in [0.2, 0.25) is 0 Å². The van der Waals surface area contributed by atoms with Crippen LogP contribution in [0.2, 0.25) is 0 Å². The Morgan fingerprint density at radius 1 is 1.07 bits per heavy atom. The summed E-state index contributed by atoms with van der Waals surface area (Å²) in [6.07, 6.45) is 8.85. The molecule has 2 rings (SSSR count). The van der Waals surface area contributed by atoms with Crippen LogP contribution in [0.4, 0.5) is 0 Å². The Morgan fingerprint density at radius 3 is 2.50 bits per heavy atom. The quantitative estimate of drug-likeness (QED) is 0.661. The minimum Gasteiger partial charge on any atom is -0.0904 e. The van der Waals surface area contributed by atoms with E-state index >= 15 is 0 Å². The summed E-state index contributed by atoms with van der Waals surface area (Å²) in [5.74, 6) is 1.06. The summed E-state index contributed by atoms with van der Waals surface area (Å²) in [6.45, 7) is 0. The lowest BCUT2D eigenvalue weighted by molar-refractivity contribution is 0.535. The molecule has 14 heavy (non-hydrogen) atoms. The van der Waals surface area contributed by atoms with Crippen molar-refractivity contribution in [1.82, 2.24) is 0 Å². The first-order valence-corrected chi connectivity index (χ1v) is 6.95. The van der Waals surface area contributed by atoms with Gasteiger partial charge in [0, 0.05) is 0 Å². The molecule has 1 atom stereocenters. The highest BCUT2D eigenvalue weighted by Crippen LogP contribution is 2.29. The van der Waals surface area contributed by atoms with Crippen LogP contribution >= 0.6 is 8.58 Å². The highest BCUT2D eigenvalue weighted by Gasteiger charge is 2.13. The largest absolute Gasteiger partial charge is 0.0904 e. The van der Waals surface area contributed by atoms with E-state index in [1.165, 1.54) is 43.6 Å². The van der Waals surface area contributed by atoms with E-state index in [9.17, 15) is 0 Å². The van der Waals surface area contributed by atoms with E-state index in [1.807, 2.05) is 0 Å². The molecule has 0 aromatic heterocycles. The van der Waals surface area contributed by atoms with E-state index in [0.29, 0.717) is 0 Å². The fourth-order valence-electron chi connectivity index (χ4n) is 2.28. The molecule has 0 N–H and O–H groups in total. The molecule has 0 bridgehead atoms. The van der Waals surface area contributed by atoms with Gasteiger partial charge in [-0.05, 0) is 23.8 Å². The van der Waals surface area contributed by atoms with Crippen molar-refractivity contribution in [3.8, 4) is 0 Å². The minimum atomic E-state index is 1.03. The molecule has 1 unspecified atom stereocenters. The van der Waals surface area contributed by atoms with E-state index in [1.54, 1.807) is 0 Å². The smallest absolute Gasteiger partial charge is 0.0271 e. The summed E-state index contributed by atoms with van der Waals surface area (Å²) in [5, 5.41) is 1.53. The summed E-state index contributed by atoms with van der Waals surface area (Å²) < 4.78 is 0. The van der Waals surface area contributed by atoms with Crippen LogP contribution < -0.4 is 5.30 Å². The zero-order chi connectivity index (χ0) is 9.64. The number of benzene rings is 1. The first-order valence-electron chi connectivity index (χ1n) is 5.74. The van der Waals surface area contributed by atoms with Gasteiger partial charge < -0.3 is 0 Å². The molecule has 0 spiro atoms. The molecular formula is C13H19P. The van der Waals surface area contributed by atoms with Gasteiger partial charge in [-0.25, -0.2) is 0 Å². The SMILES string of the molecule is c1ccc(PCCC2CCCC2)cc1. The molecule has 1 aromatic carbocycles. The summed E-state index contributed by atoms with van der Waals surface area (Å²) in [7, 11) is 1.03. The maximum absolute atomic E-state index is 2.26. The zero-order valence-corrected chi connectivity index (χ0v) is 9.71. The molecule has 0 amide bonds. The van der Waals surface area contributed by atoms with Gasteiger partial charge in [0.25, 0.3) is 0 Å². The van der Waals surface area contributed by atoms with E-state index in [-0.39, 0.29) is 0 Å². The fraction of sp³-hybridized carbons (Fsp3) is 0.538. The molecule has 1 fully saturated rings. The maximum Gasteiger partial charge on any atom is -0.0271 e. The predicted octanol–water partition coefficient (Wildman–Crippen LogP) is 3.57. The van der Waals surface area contributed by atoms with Crippen LogP contribution in [0, 0.1) is 5.92 Å². The second-order valence-electron chi connectivity index (χ2n) is 4.23. The van der Waals surface area contributed by atoms with Crippen LogP contribution in [-0.4, -0.2) is 6.16 Å². The third kappa shape index (κ3) is 3.10. The lowest BCUT2D eigenvalue weighted by Crippen LogP contribution is -1.98. The van der Waals surface area contributed by atoms with Crippen LogP contribution in [0.3, 0.4) is 0 Å². The van der Waals surface area contributed by atoms with Gasteiger partial charge in [-0.2, -0.15) is 0 Å². The van der Waals surface area contributed by atoms with Crippen LogP contribution in [0.25, 0.3) is 0 Å². The van der Waals surface area contributed by atoms with Crippen molar-refractivity contribution in [2.45, 2.75) is 32.1 Å². The van der Waals surface area contributed by atoms with Gasteiger partial charge in [0.05, 0.1) is 0 Å². The molecule has 1 saturated carbocycles. The normalized spacial score (nSPS) is 18.3. The maximum atomic E-state index is 2.26. The standard InChI is InChI=1S/C13H19P/c1-2-8-13(9-3-1)14-11-10-12-6-4-5-7-12/h1-3,8-9,12,14H,4-7,10-11H2. The van der Waals surface area contributed by atoms with Gasteiger partial charge in [0.1, 0.15) is 0 Å². The number of rotatable bonds is 4. The highest BCUT2D eigenvalue weighted by molar-refractivity contribution is 7.47. The Kier molecular flexibility index (Phi) is 4.01. The van der Waals surface area contributed by atoms with Gasteiger partial charge in [-0.15, -0.1) is 0 Å². The lowest BCUT2D eigenvalue weighted by atomic mass is 10.1. The van der Waals surface area contributed by atoms with Crippen molar-refractivity contribution in [3.63, 3.8) is 0 Å². The van der Waals surface area contributed by atoms with Crippen molar-refractivity contribution < 1.29 is 0 Å². The molecule has 1 aromatic rings. The molecule has 0 radical (unpaired) electrons. The topological polar surface area (TPSA) is 0 Å². The highest BCUT2D eigenvalue weighted by atomic mass is 31.1. The van der Waals surface area contributed by atoms with Gasteiger partial charge in [0.15, 0.2) is 0 Å². The molecular weight excluding hydrogens is 187 g/mol. The third-order valence-corrected chi connectivity index (χ3v) is 4.41. The van der Waals surface area contributed by atoms with E-state index in [0.717, 1.165) is 14.5 Å². The molecule has 76 valence electrons. The van der Waals surface area contributed by atoms with Crippen LogP contribution in [0.15, 0.2) is 30.3 Å². The average molecular weight is 206 g/mol. The minimum absolute atomic E-state index is 1.03. The molecule has 0 heterocycles. The monoisotopic (exact) mass is 206 g/mol. The van der Waals surface area contributed by atoms with Crippen molar-refractivity contribution >= 4 is 13.9 Å². The molecule has 0 aliphatic heterocycles. The van der Waals surface area contributed by atoms with Gasteiger partial charge >= 0.3 is 0 Å². The lowest BCUT2D eigenvalue weighted by Gasteiger charge is -2.07. The average Bonchev–Trinajstić information content (AvgIpc) is 2.72. The molecule has 1 heteroatoms. The molecule has 0 saturated heterocycles. The van der Waals surface area contributed by atoms with E-state index in [2.05, 4.69) is 30.3 Å². The zero-order valence-electron chi connectivity index (χ0n) is 8.71. The van der Waals surface area contributed by atoms with Crippen LogP contribution in [-0.2, 0) is 0 Å². The first-order chi connectivity index (χ1) is 6.95. The Balaban J connectivity index is 1.67. The van der Waals surface area contributed by atoms with E-state index < -0.39 is 0 Å². The van der Waals surface area contributed by atoms with Gasteiger partial charge in [-0.1, -0.05) is 64.6 Å². The van der Waals surface area contributed by atoms with Crippen molar-refractivity contribution in [2.24, 2.45) is 5.92 Å². The van der Waals surface area contributed by atoms with Gasteiger partial charge in [-0.3, -0.25) is 0 Å². The Hall–Kier alpha value is -0.350. The number of hydrogen-bond acceptors (Lipinski definition) is 0. The third-order valence-electron chi connectivity index (χ3n) is 3.13.